The Kier molecular flexibility index (Phi) is 6.15. The fraction of sp³-hybridized carbons (Fsp3) is 0.462. The maximum absolute atomic E-state index is 11.5. The molecule has 0 amide bonds. The predicted octanol–water partition coefficient (Wildman–Crippen LogP) is 2.24. The Bertz CT molecular complexity index is 388. The zero-order valence-corrected chi connectivity index (χ0v) is 11.9. The number of benzene rings is 1. The highest BCUT2D eigenvalue weighted by atomic mass is 35.5. The van der Waals surface area contributed by atoms with Crippen molar-refractivity contribution in [1.29, 1.82) is 0 Å². The molecule has 1 unspecified atom stereocenters. The zero-order valence-electron chi connectivity index (χ0n) is 11.1. The molecule has 4 nitrogen and oxygen atoms in total. The van der Waals surface area contributed by atoms with Gasteiger partial charge in [0.05, 0.1) is 13.2 Å². The lowest BCUT2D eigenvalue weighted by Crippen LogP contribution is -2.42. The van der Waals surface area contributed by atoms with Crippen LogP contribution in [0, 0.1) is 0 Å². The quantitative estimate of drug-likeness (QED) is 0.855. The molecule has 2 N–H and O–H groups in total. The van der Waals surface area contributed by atoms with E-state index in [1.54, 1.807) is 31.2 Å². The van der Waals surface area contributed by atoms with Gasteiger partial charge >= 0.3 is 5.97 Å². The molecule has 0 spiro atoms. The van der Waals surface area contributed by atoms with E-state index in [2.05, 4.69) is 4.74 Å². The molecule has 0 fully saturated rings. The van der Waals surface area contributed by atoms with Crippen LogP contribution in [0.25, 0.3) is 0 Å². The molecule has 0 aliphatic rings. The summed E-state index contributed by atoms with van der Waals surface area (Å²) in [5, 5.41) is 0. The first kappa shape index (κ1) is 16.7. The van der Waals surface area contributed by atoms with Gasteiger partial charge in [0.2, 0.25) is 0 Å². The number of carbonyl (C=O) groups is 1. The summed E-state index contributed by atoms with van der Waals surface area (Å²) in [4.78, 5) is 11.5. The Morgan fingerprint density at radius 2 is 1.78 bits per heavy atom. The number of ether oxygens (including phenoxy) is 2. The Labute approximate surface area is 114 Å². The maximum Gasteiger partial charge on any atom is 0.330 e. The second-order valence-electron chi connectivity index (χ2n) is 4.38. The molecule has 0 aromatic heterocycles. The van der Waals surface area contributed by atoms with Crippen molar-refractivity contribution in [2.45, 2.75) is 32.4 Å². The molecule has 5 heteroatoms. The summed E-state index contributed by atoms with van der Waals surface area (Å²) in [6.07, 6.45) is 0.116. The highest BCUT2D eigenvalue weighted by Gasteiger charge is 2.31. The van der Waals surface area contributed by atoms with Gasteiger partial charge in [-0.15, -0.1) is 12.4 Å². The number of nitrogens with two attached hydrogens (primary N) is 1. The first-order valence-corrected chi connectivity index (χ1v) is 5.52. The molecule has 1 aromatic carbocycles. The summed E-state index contributed by atoms with van der Waals surface area (Å²) in [6.45, 7) is 5.53. The van der Waals surface area contributed by atoms with Crippen molar-refractivity contribution in [3.8, 4) is 5.75 Å². The number of hydrogen-bond acceptors (Lipinski definition) is 4. The molecular weight excluding hydrogens is 254 g/mol. The van der Waals surface area contributed by atoms with Gasteiger partial charge in [-0.25, -0.2) is 4.79 Å². The number of esters is 1. The zero-order chi connectivity index (χ0) is 13.1. The molecule has 0 aliphatic heterocycles. The van der Waals surface area contributed by atoms with Gasteiger partial charge in [-0.1, -0.05) is 12.1 Å². The molecule has 18 heavy (non-hydrogen) atoms. The smallest absolute Gasteiger partial charge is 0.330 e. The average molecular weight is 274 g/mol. The molecule has 0 aliphatic carbocycles. The third-order valence-corrected chi connectivity index (χ3v) is 2.44. The van der Waals surface area contributed by atoms with E-state index in [0.29, 0.717) is 5.56 Å². The van der Waals surface area contributed by atoms with Crippen LogP contribution < -0.4 is 10.5 Å². The van der Waals surface area contributed by atoms with Crippen LogP contribution in [-0.2, 0) is 15.1 Å². The van der Waals surface area contributed by atoms with Crippen LogP contribution >= 0.6 is 12.4 Å². The topological polar surface area (TPSA) is 61.5 Å². The van der Waals surface area contributed by atoms with Crippen molar-refractivity contribution < 1.29 is 14.3 Å². The van der Waals surface area contributed by atoms with Crippen LogP contribution in [-0.4, -0.2) is 19.2 Å². The minimum atomic E-state index is -1.13. The number of carbonyl (C=O) groups excluding carboxylic acids is 1. The molecule has 102 valence electrons. The van der Waals surface area contributed by atoms with Gasteiger partial charge in [-0.2, -0.15) is 0 Å². The summed E-state index contributed by atoms with van der Waals surface area (Å²) in [5.41, 5.74) is 5.49. The highest BCUT2D eigenvalue weighted by Crippen LogP contribution is 2.22. The maximum atomic E-state index is 11.5. The van der Waals surface area contributed by atoms with Gasteiger partial charge in [0.15, 0.2) is 0 Å². The molecule has 0 heterocycles. The van der Waals surface area contributed by atoms with E-state index >= 15 is 0 Å². The minimum Gasteiger partial charge on any atom is -0.491 e. The van der Waals surface area contributed by atoms with E-state index in [4.69, 9.17) is 10.5 Å². The number of hydrogen-bond donors (Lipinski definition) is 1. The van der Waals surface area contributed by atoms with Crippen molar-refractivity contribution >= 4 is 18.4 Å². The largest absolute Gasteiger partial charge is 0.491 e. The van der Waals surface area contributed by atoms with Gasteiger partial charge in [-0.05, 0) is 38.5 Å². The van der Waals surface area contributed by atoms with Crippen LogP contribution in [0.5, 0.6) is 5.75 Å². The SMILES string of the molecule is COC(=O)C(C)(N)c1ccc(OC(C)C)cc1.Cl. The lowest BCUT2D eigenvalue weighted by atomic mass is 9.93. The van der Waals surface area contributed by atoms with Crippen LogP contribution in [0.3, 0.4) is 0 Å². The van der Waals surface area contributed by atoms with Crippen molar-refractivity contribution in [2.75, 3.05) is 7.11 Å². The van der Waals surface area contributed by atoms with Crippen LogP contribution in [0.2, 0.25) is 0 Å². The summed E-state index contributed by atoms with van der Waals surface area (Å²) in [7, 11) is 1.32. The number of rotatable bonds is 4. The van der Waals surface area contributed by atoms with Crippen molar-refractivity contribution in [2.24, 2.45) is 5.73 Å². The van der Waals surface area contributed by atoms with E-state index in [-0.39, 0.29) is 18.5 Å². The summed E-state index contributed by atoms with van der Waals surface area (Å²) < 4.78 is 10.2. The van der Waals surface area contributed by atoms with Crippen LogP contribution in [0.4, 0.5) is 0 Å². The second kappa shape index (κ2) is 6.61. The number of halogens is 1. The third kappa shape index (κ3) is 3.89. The highest BCUT2D eigenvalue weighted by molar-refractivity contribution is 5.85. The fourth-order valence-electron chi connectivity index (χ4n) is 1.48. The van der Waals surface area contributed by atoms with Crippen molar-refractivity contribution in [3.05, 3.63) is 29.8 Å². The van der Waals surface area contributed by atoms with E-state index in [9.17, 15) is 4.79 Å². The Morgan fingerprint density at radius 3 is 2.17 bits per heavy atom. The van der Waals surface area contributed by atoms with Gasteiger partial charge in [0.25, 0.3) is 0 Å². The Morgan fingerprint density at radius 1 is 1.28 bits per heavy atom. The molecule has 1 aromatic rings. The molecule has 0 radical (unpaired) electrons. The van der Waals surface area contributed by atoms with Crippen LogP contribution in [0.15, 0.2) is 24.3 Å². The fourth-order valence-corrected chi connectivity index (χ4v) is 1.48. The van der Waals surface area contributed by atoms with Gasteiger partial charge in [0.1, 0.15) is 11.3 Å². The average Bonchev–Trinajstić information content (AvgIpc) is 2.27. The van der Waals surface area contributed by atoms with E-state index < -0.39 is 11.5 Å². The molecule has 1 rings (SSSR count). The van der Waals surface area contributed by atoms with Gasteiger partial charge in [-0.3, -0.25) is 0 Å². The standard InChI is InChI=1S/C13H19NO3.ClH/c1-9(2)17-11-7-5-10(6-8-11)13(3,14)12(15)16-4;/h5-9H,14H2,1-4H3;1H. The summed E-state index contributed by atoms with van der Waals surface area (Å²) in [6, 6.07) is 7.13. The van der Waals surface area contributed by atoms with Gasteiger partial charge in [0, 0.05) is 0 Å². The normalized spacial score (nSPS) is 13.4. The van der Waals surface area contributed by atoms with Crippen LogP contribution in [0.1, 0.15) is 26.3 Å². The molecule has 0 saturated heterocycles. The van der Waals surface area contributed by atoms with E-state index in [1.165, 1.54) is 7.11 Å². The first-order valence-electron chi connectivity index (χ1n) is 5.52. The molecule has 0 bridgehead atoms. The van der Waals surface area contributed by atoms with Gasteiger partial charge < -0.3 is 15.2 Å². The molecule has 0 saturated carbocycles. The number of methoxy groups -OCH3 is 1. The van der Waals surface area contributed by atoms with E-state index in [1.807, 2.05) is 13.8 Å². The summed E-state index contributed by atoms with van der Waals surface area (Å²) in [5.74, 6) is 0.291. The minimum absolute atomic E-state index is 0. The van der Waals surface area contributed by atoms with Crippen molar-refractivity contribution in [3.63, 3.8) is 0 Å². The predicted molar refractivity (Wildman–Crippen MR) is 73.0 cm³/mol. The summed E-state index contributed by atoms with van der Waals surface area (Å²) >= 11 is 0. The third-order valence-electron chi connectivity index (χ3n) is 2.44. The first-order chi connectivity index (χ1) is 7.87. The Hall–Kier alpha value is -1.26. The lowest BCUT2D eigenvalue weighted by Gasteiger charge is -2.22. The monoisotopic (exact) mass is 273 g/mol. The molecule has 1 atom stereocenters. The Balaban J connectivity index is 0.00000289. The van der Waals surface area contributed by atoms with Crippen molar-refractivity contribution in [1.82, 2.24) is 0 Å². The molecular formula is C13H20ClNO3. The van der Waals surface area contributed by atoms with E-state index in [0.717, 1.165) is 5.75 Å². The second-order valence-corrected chi connectivity index (χ2v) is 4.38. The lowest BCUT2D eigenvalue weighted by molar-refractivity contribution is -0.146.